The molecule has 1 saturated heterocycles. The van der Waals surface area contributed by atoms with Gasteiger partial charge in [-0.1, -0.05) is 0 Å². The molecule has 23 heavy (non-hydrogen) atoms. The molecule has 1 fully saturated rings. The number of carbonyl (C=O) groups is 1. The third-order valence-electron chi connectivity index (χ3n) is 4.00. The standard InChI is InChI=1S/C15H17F4NO3/c1-23-12-3-2-10(16)8-11(12)14(22)20-6-4-9(5-7-20)13(21)15(17,18)19/h2-3,8-9,13,21H,4-7H2,1H3. The summed E-state index contributed by atoms with van der Waals surface area (Å²) < 4.78 is 55.9. The minimum atomic E-state index is -4.66. The van der Waals surface area contributed by atoms with Crippen molar-refractivity contribution in [2.45, 2.75) is 25.1 Å². The molecule has 0 radical (unpaired) electrons. The molecule has 1 aliphatic heterocycles. The molecule has 4 nitrogen and oxygen atoms in total. The number of methoxy groups -OCH3 is 1. The monoisotopic (exact) mass is 335 g/mol. The van der Waals surface area contributed by atoms with Gasteiger partial charge in [0.15, 0.2) is 6.10 Å². The van der Waals surface area contributed by atoms with Crippen LogP contribution in [0.4, 0.5) is 17.6 Å². The lowest BCUT2D eigenvalue weighted by Gasteiger charge is -2.35. The normalized spacial score (nSPS) is 17.9. The van der Waals surface area contributed by atoms with Gasteiger partial charge in [-0.2, -0.15) is 13.2 Å². The van der Waals surface area contributed by atoms with Crippen molar-refractivity contribution in [2.75, 3.05) is 20.2 Å². The molecule has 1 atom stereocenters. The Hall–Kier alpha value is -1.83. The number of likely N-dealkylation sites (tertiary alicyclic amines) is 1. The molecular formula is C15H17F4NO3. The highest BCUT2D eigenvalue weighted by Gasteiger charge is 2.44. The van der Waals surface area contributed by atoms with Gasteiger partial charge in [-0.15, -0.1) is 0 Å². The van der Waals surface area contributed by atoms with Crippen LogP contribution in [0.5, 0.6) is 5.75 Å². The van der Waals surface area contributed by atoms with Crippen molar-refractivity contribution in [3.05, 3.63) is 29.6 Å². The number of halogens is 4. The number of benzene rings is 1. The van der Waals surface area contributed by atoms with Gasteiger partial charge in [-0.3, -0.25) is 4.79 Å². The van der Waals surface area contributed by atoms with Crippen LogP contribution in [0.3, 0.4) is 0 Å². The van der Waals surface area contributed by atoms with Crippen LogP contribution in [0.25, 0.3) is 0 Å². The molecule has 0 bridgehead atoms. The van der Waals surface area contributed by atoms with Crippen LogP contribution in [0, 0.1) is 11.7 Å². The number of aliphatic hydroxyl groups is 1. The molecule has 1 unspecified atom stereocenters. The van der Waals surface area contributed by atoms with E-state index in [4.69, 9.17) is 4.74 Å². The van der Waals surface area contributed by atoms with Gasteiger partial charge in [0.05, 0.1) is 12.7 Å². The number of alkyl halides is 3. The molecule has 1 aromatic carbocycles. The summed E-state index contributed by atoms with van der Waals surface area (Å²) in [5.41, 5.74) is 0.0299. The molecule has 1 heterocycles. The third-order valence-corrected chi connectivity index (χ3v) is 4.00. The van der Waals surface area contributed by atoms with Gasteiger partial charge < -0.3 is 14.7 Å². The fraction of sp³-hybridized carbons (Fsp3) is 0.533. The Morgan fingerprint density at radius 3 is 2.48 bits per heavy atom. The first-order chi connectivity index (χ1) is 10.7. The molecule has 1 amide bonds. The van der Waals surface area contributed by atoms with Gasteiger partial charge in [0.25, 0.3) is 5.91 Å². The number of piperidine rings is 1. The number of carbonyl (C=O) groups excluding carboxylic acids is 1. The zero-order valence-electron chi connectivity index (χ0n) is 12.4. The summed E-state index contributed by atoms with van der Waals surface area (Å²) in [6.45, 7) is 0.132. The minimum absolute atomic E-state index is 0.0299. The van der Waals surface area contributed by atoms with Gasteiger partial charge in [-0.25, -0.2) is 4.39 Å². The smallest absolute Gasteiger partial charge is 0.414 e. The third kappa shape index (κ3) is 3.93. The first kappa shape index (κ1) is 17.5. The van der Waals surface area contributed by atoms with Crippen molar-refractivity contribution in [2.24, 2.45) is 5.92 Å². The van der Waals surface area contributed by atoms with Gasteiger partial charge >= 0.3 is 6.18 Å². The Morgan fingerprint density at radius 1 is 1.35 bits per heavy atom. The van der Waals surface area contributed by atoms with E-state index in [2.05, 4.69) is 0 Å². The van der Waals surface area contributed by atoms with Crippen molar-refractivity contribution in [1.82, 2.24) is 4.90 Å². The number of rotatable bonds is 3. The van der Waals surface area contributed by atoms with Crippen molar-refractivity contribution in [1.29, 1.82) is 0 Å². The van der Waals surface area contributed by atoms with Crippen LogP contribution in [0.2, 0.25) is 0 Å². The predicted molar refractivity (Wildman–Crippen MR) is 73.6 cm³/mol. The lowest BCUT2D eigenvalue weighted by molar-refractivity contribution is -0.222. The Morgan fingerprint density at radius 2 is 1.96 bits per heavy atom. The van der Waals surface area contributed by atoms with E-state index >= 15 is 0 Å². The Labute approximate surface area is 130 Å². The van der Waals surface area contributed by atoms with E-state index in [1.54, 1.807) is 0 Å². The van der Waals surface area contributed by atoms with E-state index in [9.17, 15) is 27.5 Å². The number of hydrogen-bond donors (Lipinski definition) is 1. The number of nitrogens with zero attached hydrogens (tertiary/aromatic N) is 1. The molecule has 2 rings (SSSR count). The maximum atomic E-state index is 13.3. The zero-order chi connectivity index (χ0) is 17.2. The lowest BCUT2D eigenvalue weighted by atomic mass is 9.90. The molecule has 0 aliphatic carbocycles. The van der Waals surface area contributed by atoms with E-state index in [1.807, 2.05) is 0 Å². The van der Waals surface area contributed by atoms with E-state index in [-0.39, 0.29) is 37.2 Å². The SMILES string of the molecule is COc1ccc(F)cc1C(=O)N1CCC(C(O)C(F)(F)F)CC1. The first-order valence-electron chi connectivity index (χ1n) is 7.11. The fourth-order valence-electron chi connectivity index (χ4n) is 2.70. The maximum absolute atomic E-state index is 13.3. The second-order valence-corrected chi connectivity index (χ2v) is 5.46. The molecule has 128 valence electrons. The summed E-state index contributed by atoms with van der Waals surface area (Å²) in [5.74, 6) is -1.83. The molecule has 1 aromatic rings. The summed E-state index contributed by atoms with van der Waals surface area (Å²) >= 11 is 0. The van der Waals surface area contributed by atoms with Crippen molar-refractivity contribution >= 4 is 5.91 Å². The van der Waals surface area contributed by atoms with E-state index in [0.717, 1.165) is 12.1 Å². The van der Waals surface area contributed by atoms with Crippen LogP contribution < -0.4 is 4.74 Å². The molecular weight excluding hydrogens is 318 g/mol. The van der Waals surface area contributed by atoms with Crippen LogP contribution in [-0.4, -0.2) is 48.4 Å². The molecule has 8 heteroatoms. The maximum Gasteiger partial charge on any atom is 0.414 e. The summed E-state index contributed by atoms with van der Waals surface area (Å²) in [5, 5.41) is 9.27. The van der Waals surface area contributed by atoms with Crippen molar-refractivity contribution < 1.29 is 32.2 Å². The van der Waals surface area contributed by atoms with E-state index in [0.29, 0.717) is 0 Å². The molecule has 1 N–H and O–H groups in total. The van der Waals surface area contributed by atoms with Crippen LogP contribution in [0.1, 0.15) is 23.2 Å². The number of amides is 1. The van der Waals surface area contributed by atoms with Crippen molar-refractivity contribution in [3.63, 3.8) is 0 Å². The number of hydrogen-bond acceptors (Lipinski definition) is 3. The quantitative estimate of drug-likeness (QED) is 0.864. The fourth-order valence-corrected chi connectivity index (χ4v) is 2.70. The lowest BCUT2D eigenvalue weighted by Crippen LogP contribution is -2.45. The number of ether oxygens (including phenoxy) is 1. The summed E-state index contributed by atoms with van der Waals surface area (Å²) in [6.07, 6.45) is -6.99. The molecule has 0 aromatic heterocycles. The summed E-state index contributed by atoms with van der Waals surface area (Å²) in [7, 11) is 1.34. The second kappa shape index (κ2) is 6.74. The van der Waals surface area contributed by atoms with Crippen LogP contribution in [0.15, 0.2) is 18.2 Å². The average molecular weight is 335 g/mol. The molecule has 0 spiro atoms. The van der Waals surface area contributed by atoms with Crippen LogP contribution >= 0.6 is 0 Å². The van der Waals surface area contributed by atoms with Gasteiger partial charge in [-0.05, 0) is 37.0 Å². The minimum Gasteiger partial charge on any atom is -0.496 e. The van der Waals surface area contributed by atoms with Crippen molar-refractivity contribution in [3.8, 4) is 5.75 Å². The Balaban J connectivity index is 2.06. The highest BCUT2D eigenvalue weighted by Crippen LogP contribution is 2.32. The molecule has 1 aliphatic rings. The Bertz CT molecular complexity index is 568. The second-order valence-electron chi connectivity index (χ2n) is 5.46. The topological polar surface area (TPSA) is 49.8 Å². The predicted octanol–water partition coefficient (Wildman–Crippen LogP) is 2.61. The first-order valence-corrected chi connectivity index (χ1v) is 7.11. The number of aliphatic hydroxyl groups excluding tert-OH is 1. The highest BCUT2D eigenvalue weighted by molar-refractivity contribution is 5.97. The zero-order valence-corrected chi connectivity index (χ0v) is 12.4. The molecule has 0 saturated carbocycles. The van der Waals surface area contributed by atoms with E-state index in [1.165, 1.54) is 18.1 Å². The van der Waals surface area contributed by atoms with Gasteiger partial charge in [0, 0.05) is 13.1 Å². The van der Waals surface area contributed by atoms with Crippen LogP contribution in [-0.2, 0) is 0 Å². The van der Waals surface area contributed by atoms with Gasteiger partial charge in [0.1, 0.15) is 11.6 Å². The van der Waals surface area contributed by atoms with E-state index < -0.39 is 29.9 Å². The summed E-state index contributed by atoms with van der Waals surface area (Å²) in [6, 6.07) is 3.52. The summed E-state index contributed by atoms with van der Waals surface area (Å²) in [4.78, 5) is 13.7. The average Bonchev–Trinajstić information content (AvgIpc) is 2.52. The Kier molecular flexibility index (Phi) is 5.13. The van der Waals surface area contributed by atoms with Gasteiger partial charge in [0.2, 0.25) is 0 Å². The largest absolute Gasteiger partial charge is 0.496 e. The highest BCUT2D eigenvalue weighted by atomic mass is 19.4.